The molecule has 1 unspecified atom stereocenters. The number of furan rings is 1. The van der Waals surface area contributed by atoms with Crippen molar-refractivity contribution >= 4 is 21.6 Å². The van der Waals surface area contributed by atoms with Crippen LogP contribution in [0, 0.1) is 13.8 Å². The number of methoxy groups -OCH3 is 1. The summed E-state index contributed by atoms with van der Waals surface area (Å²) in [5.41, 5.74) is 0.659. The molecule has 1 atom stereocenters. The molecule has 0 saturated carbocycles. The molecule has 24 heavy (non-hydrogen) atoms. The van der Waals surface area contributed by atoms with Gasteiger partial charge in [0.15, 0.2) is 0 Å². The lowest BCUT2D eigenvalue weighted by Gasteiger charge is -2.13. The van der Waals surface area contributed by atoms with Crippen LogP contribution in [0.3, 0.4) is 0 Å². The quantitative estimate of drug-likeness (QED) is 0.778. The third-order valence-corrected chi connectivity index (χ3v) is 5.28. The van der Waals surface area contributed by atoms with Gasteiger partial charge in [0.2, 0.25) is 10.0 Å². The van der Waals surface area contributed by atoms with E-state index in [2.05, 4.69) is 4.72 Å². The van der Waals surface area contributed by atoms with Gasteiger partial charge < -0.3 is 14.3 Å². The molecule has 132 valence electrons. The van der Waals surface area contributed by atoms with Crippen molar-refractivity contribution < 1.29 is 22.7 Å². The largest absolute Gasteiger partial charge is 0.495 e. The Balaban J connectivity index is 2.06. The third kappa shape index (κ3) is 4.30. The van der Waals surface area contributed by atoms with Crippen LogP contribution in [0.2, 0.25) is 5.02 Å². The average molecular weight is 374 g/mol. The minimum atomic E-state index is -3.80. The molecule has 1 heterocycles. The highest BCUT2D eigenvalue weighted by Gasteiger charge is 2.21. The Hall–Kier alpha value is -1.54. The molecule has 8 heteroatoms. The van der Waals surface area contributed by atoms with Gasteiger partial charge in [-0.05, 0) is 44.5 Å². The maximum Gasteiger partial charge on any atom is 0.244 e. The Bertz CT molecular complexity index is 816. The highest BCUT2D eigenvalue weighted by Crippen LogP contribution is 2.27. The van der Waals surface area contributed by atoms with Crippen LogP contribution in [-0.4, -0.2) is 27.2 Å². The van der Waals surface area contributed by atoms with Gasteiger partial charge in [-0.2, -0.15) is 0 Å². The van der Waals surface area contributed by atoms with E-state index in [9.17, 15) is 13.5 Å². The van der Waals surface area contributed by atoms with E-state index in [0.29, 0.717) is 22.1 Å². The second-order valence-corrected chi connectivity index (χ2v) is 7.54. The van der Waals surface area contributed by atoms with Crippen LogP contribution in [0.4, 0.5) is 0 Å². The Morgan fingerprint density at radius 1 is 1.33 bits per heavy atom. The van der Waals surface area contributed by atoms with E-state index in [-0.39, 0.29) is 23.6 Å². The number of nitrogens with one attached hydrogen (secondary N) is 1. The van der Waals surface area contributed by atoms with Crippen molar-refractivity contribution in [2.45, 2.75) is 31.3 Å². The number of hydrogen-bond donors (Lipinski definition) is 2. The second-order valence-electron chi connectivity index (χ2n) is 5.37. The first-order chi connectivity index (χ1) is 11.2. The molecule has 0 radical (unpaired) electrons. The van der Waals surface area contributed by atoms with Gasteiger partial charge in [0, 0.05) is 17.1 Å². The summed E-state index contributed by atoms with van der Waals surface area (Å²) in [5, 5.41) is 10.5. The zero-order valence-electron chi connectivity index (χ0n) is 13.7. The Labute approximate surface area is 146 Å². The average Bonchev–Trinajstić information content (AvgIpc) is 2.85. The molecule has 2 N–H and O–H groups in total. The van der Waals surface area contributed by atoms with Crippen molar-refractivity contribution in [2.75, 3.05) is 13.7 Å². The number of rotatable bonds is 7. The molecule has 0 spiro atoms. The monoisotopic (exact) mass is 373 g/mol. The van der Waals surface area contributed by atoms with Crippen molar-refractivity contribution in [2.24, 2.45) is 0 Å². The third-order valence-electron chi connectivity index (χ3n) is 3.56. The van der Waals surface area contributed by atoms with E-state index >= 15 is 0 Å². The van der Waals surface area contributed by atoms with Crippen molar-refractivity contribution in [1.82, 2.24) is 4.72 Å². The molecular weight excluding hydrogens is 354 g/mol. The van der Waals surface area contributed by atoms with Gasteiger partial charge in [0.1, 0.15) is 22.2 Å². The maximum atomic E-state index is 12.4. The van der Waals surface area contributed by atoms with E-state index in [4.69, 9.17) is 20.8 Å². The molecule has 1 aromatic carbocycles. The summed E-state index contributed by atoms with van der Waals surface area (Å²) in [6.45, 7) is 3.60. The number of ether oxygens (including phenoxy) is 1. The van der Waals surface area contributed by atoms with Gasteiger partial charge >= 0.3 is 0 Å². The molecule has 1 aromatic heterocycles. The molecule has 0 aliphatic rings. The summed E-state index contributed by atoms with van der Waals surface area (Å²) >= 11 is 5.87. The number of benzene rings is 1. The summed E-state index contributed by atoms with van der Waals surface area (Å²) in [7, 11) is -2.42. The fraction of sp³-hybridized carbons (Fsp3) is 0.375. The molecule has 0 saturated heterocycles. The molecule has 0 aliphatic heterocycles. The van der Waals surface area contributed by atoms with E-state index in [0.717, 1.165) is 0 Å². The lowest BCUT2D eigenvalue weighted by Crippen LogP contribution is -2.26. The molecule has 2 aromatic rings. The van der Waals surface area contributed by atoms with E-state index < -0.39 is 16.1 Å². The first-order valence-corrected chi connectivity index (χ1v) is 9.19. The molecule has 0 aliphatic carbocycles. The molecule has 2 rings (SSSR count). The number of sulfonamides is 1. The van der Waals surface area contributed by atoms with Gasteiger partial charge in [0.25, 0.3) is 0 Å². The highest BCUT2D eigenvalue weighted by atomic mass is 35.5. The van der Waals surface area contributed by atoms with Gasteiger partial charge in [-0.1, -0.05) is 11.6 Å². The predicted octanol–water partition coefficient (Wildman–Crippen LogP) is 2.96. The van der Waals surface area contributed by atoms with Gasteiger partial charge in [-0.3, -0.25) is 0 Å². The first kappa shape index (κ1) is 18.8. The second kappa shape index (κ2) is 7.57. The number of hydrogen-bond acceptors (Lipinski definition) is 5. The van der Waals surface area contributed by atoms with Crippen LogP contribution in [0.15, 0.2) is 33.6 Å². The van der Waals surface area contributed by atoms with Crippen LogP contribution < -0.4 is 9.46 Å². The zero-order chi connectivity index (χ0) is 17.9. The van der Waals surface area contributed by atoms with Crippen molar-refractivity contribution in [3.05, 3.63) is 46.4 Å². The molecule has 0 amide bonds. The van der Waals surface area contributed by atoms with Gasteiger partial charge in [0.05, 0.1) is 13.2 Å². The molecule has 0 fully saturated rings. The van der Waals surface area contributed by atoms with E-state index in [1.165, 1.54) is 19.2 Å². The number of aryl methyl sites for hydroxylation is 2. The van der Waals surface area contributed by atoms with Crippen LogP contribution in [-0.2, 0) is 10.0 Å². The first-order valence-electron chi connectivity index (χ1n) is 7.33. The van der Waals surface area contributed by atoms with Crippen LogP contribution in [0.25, 0.3) is 0 Å². The minimum Gasteiger partial charge on any atom is -0.495 e. The van der Waals surface area contributed by atoms with Crippen LogP contribution in [0.1, 0.15) is 29.6 Å². The maximum absolute atomic E-state index is 12.4. The summed E-state index contributed by atoms with van der Waals surface area (Å²) in [6.07, 6.45) is -0.603. The Morgan fingerprint density at radius 2 is 2.04 bits per heavy atom. The molecule has 6 nitrogen and oxygen atoms in total. The molecule has 0 bridgehead atoms. The van der Waals surface area contributed by atoms with Gasteiger partial charge in [-0.25, -0.2) is 13.1 Å². The fourth-order valence-electron chi connectivity index (χ4n) is 2.41. The van der Waals surface area contributed by atoms with Crippen molar-refractivity contribution in [1.29, 1.82) is 0 Å². The highest BCUT2D eigenvalue weighted by molar-refractivity contribution is 7.89. The Kier molecular flexibility index (Phi) is 5.92. The SMILES string of the molecule is COc1ccc(Cl)cc1S(=O)(=O)NCCC(O)c1cc(C)oc1C. The lowest BCUT2D eigenvalue weighted by molar-refractivity contribution is 0.167. The van der Waals surface area contributed by atoms with Gasteiger partial charge in [-0.15, -0.1) is 0 Å². The summed E-state index contributed by atoms with van der Waals surface area (Å²) < 4.78 is 37.7. The number of aliphatic hydroxyl groups excluding tert-OH is 1. The number of aliphatic hydroxyl groups is 1. The normalized spacial score (nSPS) is 13.0. The van der Waals surface area contributed by atoms with E-state index in [1.807, 2.05) is 0 Å². The lowest BCUT2D eigenvalue weighted by atomic mass is 10.1. The number of halogens is 1. The summed E-state index contributed by atoms with van der Waals surface area (Å²) in [5.74, 6) is 1.53. The van der Waals surface area contributed by atoms with E-state index in [1.54, 1.807) is 26.0 Å². The van der Waals surface area contributed by atoms with Crippen molar-refractivity contribution in [3.8, 4) is 5.75 Å². The molecular formula is C16H20ClNO5S. The smallest absolute Gasteiger partial charge is 0.244 e. The Morgan fingerprint density at radius 3 is 2.62 bits per heavy atom. The zero-order valence-corrected chi connectivity index (χ0v) is 15.2. The van der Waals surface area contributed by atoms with Crippen LogP contribution in [0.5, 0.6) is 5.75 Å². The van der Waals surface area contributed by atoms with Crippen LogP contribution >= 0.6 is 11.6 Å². The predicted molar refractivity (Wildman–Crippen MR) is 91.0 cm³/mol. The van der Waals surface area contributed by atoms with Crippen molar-refractivity contribution in [3.63, 3.8) is 0 Å². The standard InChI is InChI=1S/C16H20ClNO5S/c1-10-8-13(11(2)23-10)14(19)6-7-18-24(20,21)16-9-12(17)4-5-15(16)22-3/h4-5,8-9,14,18-19H,6-7H2,1-3H3. The summed E-state index contributed by atoms with van der Waals surface area (Å²) in [4.78, 5) is -0.0395. The summed E-state index contributed by atoms with van der Waals surface area (Å²) in [6, 6.07) is 6.10. The topological polar surface area (TPSA) is 88.8 Å². The minimum absolute atomic E-state index is 0.0395. The fourth-order valence-corrected chi connectivity index (χ4v) is 3.88.